The SMILES string of the molecule is CCC[O][Ge]([CH2]CC(C)C)([O]C(C)C)[C](C)(C)C. The average molecular weight is 319 g/mol. The van der Waals surface area contributed by atoms with Gasteiger partial charge in [0.05, 0.1) is 0 Å². The Labute approximate surface area is 118 Å². The predicted molar refractivity (Wildman–Crippen MR) is 82.2 cm³/mol. The van der Waals surface area contributed by atoms with Crippen LogP contribution >= 0.6 is 0 Å². The Morgan fingerprint density at radius 3 is 1.94 bits per heavy atom. The molecule has 0 aliphatic carbocycles. The molecule has 0 radical (unpaired) electrons. The summed E-state index contributed by atoms with van der Waals surface area (Å²) in [4.78, 5) is 0. The van der Waals surface area contributed by atoms with Gasteiger partial charge in [-0.3, -0.25) is 0 Å². The molecule has 0 saturated heterocycles. The second kappa shape index (κ2) is 7.91. The molecule has 0 aliphatic rings. The van der Waals surface area contributed by atoms with Crippen LogP contribution in [0.2, 0.25) is 9.50 Å². The first-order valence-electron chi connectivity index (χ1n) is 7.46. The first kappa shape index (κ1) is 18.5. The third-order valence-corrected chi connectivity index (χ3v) is 13.1. The molecule has 0 N–H and O–H groups in total. The van der Waals surface area contributed by atoms with Gasteiger partial charge in [-0.15, -0.1) is 0 Å². The third kappa shape index (κ3) is 6.07. The number of hydrogen-bond acceptors (Lipinski definition) is 2. The van der Waals surface area contributed by atoms with E-state index in [9.17, 15) is 0 Å². The monoisotopic (exact) mass is 320 g/mol. The summed E-state index contributed by atoms with van der Waals surface area (Å²) in [5.74, 6) is 0.721. The number of hydrogen-bond donors (Lipinski definition) is 0. The van der Waals surface area contributed by atoms with Crippen molar-refractivity contribution < 1.29 is 7.53 Å². The van der Waals surface area contributed by atoms with Crippen molar-refractivity contribution in [2.75, 3.05) is 6.61 Å². The summed E-state index contributed by atoms with van der Waals surface area (Å²) < 4.78 is 13.0. The Hall–Kier alpha value is 0.463. The summed E-state index contributed by atoms with van der Waals surface area (Å²) in [7, 11) is 0. The molecule has 0 heterocycles. The summed E-state index contributed by atoms with van der Waals surface area (Å²) in [6, 6.07) is 0. The van der Waals surface area contributed by atoms with E-state index in [4.69, 9.17) is 7.53 Å². The molecule has 0 bridgehead atoms. The van der Waals surface area contributed by atoms with Crippen LogP contribution < -0.4 is 0 Å². The van der Waals surface area contributed by atoms with Crippen LogP contribution in [0.25, 0.3) is 0 Å². The van der Waals surface area contributed by atoms with Crippen molar-refractivity contribution in [2.24, 2.45) is 5.92 Å². The average Bonchev–Trinajstić information content (AvgIpc) is 2.19. The Morgan fingerprint density at radius 2 is 1.61 bits per heavy atom. The standard InChI is InChI=1S/C15H34GeO2/c1-9-12-17-16(15(6,7)8,18-14(4)5)11-10-13(2)3/h13-14H,9-12H2,1-8H3. The summed E-state index contributed by atoms with van der Waals surface area (Å²) in [6.45, 7) is 18.8. The Bertz CT molecular complexity index is 221. The van der Waals surface area contributed by atoms with E-state index >= 15 is 0 Å². The van der Waals surface area contributed by atoms with Crippen molar-refractivity contribution in [1.82, 2.24) is 0 Å². The molecule has 0 aromatic carbocycles. The molecule has 2 nitrogen and oxygen atoms in total. The quantitative estimate of drug-likeness (QED) is 0.578. The molecule has 0 rings (SSSR count). The van der Waals surface area contributed by atoms with Gasteiger partial charge in [-0.05, 0) is 0 Å². The van der Waals surface area contributed by atoms with Gasteiger partial charge in [-0.1, -0.05) is 0 Å². The van der Waals surface area contributed by atoms with Crippen LogP contribution in [0.5, 0.6) is 0 Å². The summed E-state index contributed by atoms with van der Waals surface area (Å²) >= 11 is -2.73. The van der Waals surface area contributed by atoms with Gasteiger partial charge in [0, 0.05) is 0 Å². The van der Waals surface area contributed by atoms with Crippen molar-refractivity contribution in [1.29, 1.82) is 0 Å². The molecule has 0 aromatic rings. The van der Waals surface area contributed by atoms with Gasteiger partial charge < -0.3 is 0 Å². The molecule has 1 atom stereocenters. The second-order valence-corrected chi connectivity index (χ2v) is 15.4. The topological polar surface area (TPSA) is 18.5 Å². The first-order chi connectivity index (χ1) is 8.14. The van der Waals surface area contributed by atoms with E-state index in [1.165, 1.54) is 6.42 Å². The van der Waals surface area contributed by atoms with E-state index in [1.54, 1.807) is 0 Å². The van der Waals surface area contributed by atoms with Crippen molar-refractivity contribution >= 4 is 13.9 Å². The van der Waals surface area contributed by atoms with E-state index in [1.807, 2.05) is 0 Å². The first-order valence-corrected chi connectivity index (χ1v) is 11.7. The van der Waals surface area contributed by atoms with Gasteiger partial charge in [0.1, 0.15) is 0 Å². The van der Waals surface area contributed by atoms with Gasteiger partial charge in [0.2, 0.25) is 0 Å². The minimum atomic E-state index is -2.73. The van der Waals surface area contributed by atoms with Crippen molar-refractivity contribution in [3.05, 3.63) is 0 Å². The minimum absolute atomic E-state index is 0.175. The van der Waals surface area contributed by atoms with Crippen LogP contribution in [0.4, 0.5) is 0 Å². The Morgan fingerprint density at radius 1 is 1.06 bits per heavy atom. The Balaban J connectivity index is 4.99. The van der Waals surface area contributed by atoms with Crippen LogP contribution in [-0.4, -0.2) is 26.7 Å². The molecule has 3 heteroatoms. The molecule has 0 fully saturated rings. The van der Waals surface area contributed by atoms with Crippen molar-refractivity contribution in [3.63, 3.8) is 0 Å². The van der Waals surface area contributed by atoms with Crippen molar-refractivity contribution in [3.8, 4) is 0 Å². The van der Waals surface area contributed by atoms with E-state index in [2.05, 4.69) is 55.4 Å². The summed E-state index contributed by atoms with van der Waals surface area (Å²) in [5, 5.41) is 1.15. The normalized spacial score (nSPS) is 16.3. The summed E-state index contributed by atoms with van der Waals surface area (Å²) in [5.41, 5.74) is 0. The molecule has 0 amide bonds. The van der Waals surface area contributed by atoms with E-state index in [-0.39, 0.29) is 10.4 Å². The predicted octanol–water partition coefficient (Wildman–Crippen LogP) is 5.13. The second-order valence-electron chi connectivity index (χ2n) is 6.95. The molecular formula is C15H34GeO2. The fourth-order valence-corrected chi connectivity index (χ4v) is 10.7. The Kier molecular flexibility index (Phi) is 8.11. The fraction of sp³-hybridized carbons (Fsp3) is 1.00. The van der Waals surface area contributed by atoms with Gasteiger partial charge in [-0.2, -0.15) is 0 Å². The van der Waals surface area contributed by atoms with Crippen LogP contribution in [-0.2, 0) is 7.53 Å². The molecule has 0 aromatic heterocycles. The third-order valence-electron chi connectivity index (χ3n) is 3.16. The maximum atomic E-state index is 6.42. The molecule has 0 aliphatic heterocycles. The van der Waals surface area contributed by atoms with E-state index < -0.39 is 13.9 Å². The molecule has 110 valence electrons. The van der Waals surface area contributed by atoms with Gasteiger partial charge in [0.15, 0.2) is 0 Å². The van der Waals surface area contributed by atoms with E-state index in [0.29, 0.717) is 0 Å². The van der Waals surface area contributed by atoms with Crippen LogP contribution in [0.15, 0.2) is 0 Å². The zero-order valence-electron chi connectivity index (χ0n) is 13.8. The molecule has 18 heavy (non-hydrogen) atoms. The van der Waals surface area contributed by atoms with Gasteiger partial charge >= 0.3 is 118 Å². The van der Waals surface area contributed by atoms with Crippen LogP contribution in [0.1, 0.15) is 68.2 Å². The fourth-order valence-electron chi connectivity index (χ4n) is 2.06. The van der Waals surface area contributed by atoms with Crippen LogP contribution in [0, 0.1) is 5.92 Å². The molecule has 0 saturated carbocycles. The number of rotatable bonds is 8. The molecular weight excluding hydrogens is 285 g/mol. The zero-order valence-corrected chi connectivity index (χ0v) is 15.9. The van der Waals surface area contributed by atoms with Crippen LogP contribution in [0.3, 0.4) is 0 Å². The van der Waals surface area contributed by atoms with Gasteiger partial charge in [-0.25, -0.2) is 0 Å². The molecule has 1 unspecified atom stereocenters. The molecule has 0 spiro atoms. The van der Waals surface area contributed by atoms with Crippen molar-refractivity contribution in [2.45, 2.75) is 83.8 Å². The van der Waals surface area contributed by atoms with E-state index in [0.717, 1.165) is 24.2 Å². The maximum absolute atomic E-state index is 6.42. The van der Waals surface area contributed by atoms with Gasteiger partial charge in [0.25, 0.3) is 0 Å². The summed E-state index contributed by atoms with van der Waals surface area (Å²) in [6.07, 6.45) is 2.56. The zero-order chi connectivity index (χ0) is 14.4.